The lowest BCUT2D eigenvalue weighted by molar-refractivity contribution is -0.890. The van der Waals surface area contributed by atoms with Crippen LogP contribution < -0.4 is 20.3 Å². The lowest BCUT2D eigenvalue weighted by Crippen LogP contribution is -3.07. The molecule has 0 unspecified atom stereocenters. The van der Waals surface area contributed by atoms with Crippen molar-refractivity contribution in [3.63, 3.8) is 0 Å². The Morgan fingerprint density at radius 3 is 2.54 bits per heavy atom. The lowest BCUT2D eigenvalue weighted by atomic mass is 10.1. The maximum absolute atomic E-state index is 12.9. The predicted molar refractivity (Wildman–Crippen MR) is 99.2 cm³/mol. The van der Waals surface area contributed by atoms with E-state index in [1.165, 1.54) is 22.6 Å². The molecule has 4 nitrogen and oxygen atoms in total. The zero-order chi connectivity index (χ0) is 17.5. The van der Waals surface area contributed by atoms with Crippen LogP contribution in [0.3, 0.4) is 0 Å². The molecule has 3 N–H and O–H groups in total. The molecule has 0 aromatic heterocycles. The molecule has 0 bridgehead atoms. The lowest BCUT2D eigenvalue weighted by Gasteiger charge is -2.23. The van der Waals surface area contributed by atoms with Gasteiger partial charge in [0.25, 0.3) is 0 Å². The molecule has 2 rings (SSSR count). The molecular formula is C18H23FN3OS+. The molecule has 2 aromatic rings. The highest BCUT2D eigenvalue weighted by molar-refractivity contribution is 7.80. The van der Waals surface area contributed by atoms with Crippen LogP contribution in [0.2, 0.25) is 0 Å². The van der Waals surface area contributed by atoms with Crippen molar-refractivity contribution in [2.24, 2.45) is 0 Å². The fourth-order valence-corrected chi connectivity index (χ4v) is 2.62. The summed E-state index contributed by atoms with van der Waals surface area (Å²) in [6.45, 7) is 0.669. The average Bonchev–Trinajstić information content (AvgIpc) is 2.57. The standard InChI is InChI=1S/C18H22FN3OS/c1-22(2)17(13-5-4-6-16(11-13)23-3)12-20-18(24)21-15-9-7-14(19)8-10-15/h4-11,17H,12H2,1-3H3,(H2,20,21,24)/p+1/t17-/m1/s1. The first-order valence-electron chi connectivity index (χ1n) is 7.74. The Kier molecular flexibility index (Phi) is 6.52. The zero-order valence-electron chi connectivity index (χ0n) is 14.1. The number of hydrogen-bond donors (Lipinski definition) is 3. The third kappa shape index (κ3) is 5.18. The molecule has 0 saturated carbocycles. The van der Waals surface area contributed by atoms with Crippen LogP contribution in [0.1, 0.15) is 11.6 Å². The van der Waals surface area contributed by atoms with Crippen LogP contribution in [0, 0.1) is 5.82 Å². The van der Waals surface area contributed by atoms with Crippen LogP contribution >= 0.6 is 12.2 Å². The number of likely N-dealkylation sites (N-methyl/N-ethyl adjacent to an activating group) is 1. The van der Waals surface area contributed by atoms with E-state index in [9.17, 15) is 4.39 Å². The third-order valence-corrected chi connectivity index (χ3v) is 4.01. The number of methoxy groups -OCH3 is 1. The second-order valence-corrected chi connectivity index (χ2v) is 6.16. The van der Waals surface area contributed by atoms with Gasteiger partial charge >= 0.3 is 0 Å². The van der Waals surface area contributed by atoms with Gasteiger partial charge in [0, 0.05) is 11.3 Å². The molecule has 0 spiro atoms. The van der Waals surface area contributed by atoms with E-state index in [1.807, 2.05) is 18.2 Å². The predicted octanol–water partition coefficient (Wildman–Crippen LogP) is 2.01. The van der Waals surface area contributed by atoms with Crippen LogP contribution in [0.4, 0.5) is 10.1 Å². The van der Waals surface area contributed by atoms with E-state index in [1.54, 1.807) is 19.2 Å². The smallest absolute Gasteiger partial charge is 0.171 e. The minimum absolute atomic E-state index is 0.216. The Balaban J connectivity index is 1.98. The molecule has 0 amide bonds. The summed E-state index contributed by atoms with van der Waals surface area (Å²) in [6.07, 6.45) is 0. The highest BCUT2D eigenvalue weighted by atomic mass is 32.1. The number of quaternary nitrogens is 1. The summed E-state index contributed by atoms with van der Waals surface area (Å²) in [4.78, 5) is 1.28. The maximum Gasteiger partial charge on any atom is 0.171 e. The molecule has 0 fully saturated rings. The van der Waals surface area contributed by atoms with E-state index in [4.69, 9.17) is 17.0 Å². The quantitative estimate of drug-likeness (QED) is 0.698. The number of benzene rings is 2. The van der Waals surface area contributed by atoms with Crippen LogP contribution in [-0.4, -0.2) is 32.9 Å². The van der Waals surface area contributed by atoms with E-state index in [-0.39, 0.29) is 11.9 Å². The normalized spacial score (nSPS) is 11.9. The third-order valence-electron chi connectivity index (χ3n) is 3.76. The SMILES string of the molecule is COc1cccc([C@@H](CNC(=S)Nc2ccc(F)cc2)[NH+](C)C)c1. The highest BCUT2D eigenvalue weighted by Crippen LogP contribution is 2.17. The second kappa shape index (κ2) is 8.61. The number of hydrogen-bond acceptors (Lipinski definition) is 2. The number of thiocarbonyl (C=S) groups is 1. The molecule has 6 heteroatoms. The van der Waals surface area contributed by atoms with Crippen molar-refractivity contribution in [2.45, 2.75) is 6.04 Å². The number of halogens is 1. The Morgan fingerprint density at radius 1 is 1.21 bits per heavy atom. The number of ether oxygens (including phenoxy) is 1. The summed E-state index contributed by atoms with van der Waals surface area (Å²) >= 11 is 5.32. The summed E-state index contributed by atoms with van der Waals surface area (Å²) in [5.41, 5.74) is 1.93. The van der Waals surface area contributed by atoms with Gasteiger partial charge in [-0.15, -0.1) is 0 Å². The molecule has 0 heterocycles. The Bertz CT molecular complexity index is 676. The van der Waals surface area contributed by atoms with Crippen LogP contribution in [0.25, 0.3) is 0 Å². The summed E-state index contributed by atoms with van der Waals surface area (Å²) in [7, 11) is 5.86. The van der Waals surface area contributed by atoms with E-state index in [0.717, 1.165) is 11.4 Å². The first-order valence-corrected chi connectivity index (χ1v) is 8.15. The first kappa shape index (κ1) is 18.2. The van der Waals surface area contributed by atoms with E-state index < -0.39 is 0 Å². The van der Waals surface area contributed by atoms with E-state index in [0.29, 0.717) is 11.7 Å². The first-order chi connectivity index (χ1) is 11.5. The van der Waals surface area contributed by atoms with Gasteiger partial charge in [0.05, 0.1) is 27.7 Å². The minimum atomic E-state index is -0.270. The number of nitrogens with one attached hydrogen (secondary N) is 3. The summed E-state index contributed by atoms with van der Waals surface area (Å²) < 4.78 is 18.2. The van der Waals surface area contributed by atoms with Gasteiger partial charge in [0.2, 0.25) is 0 Å². The van der Waals surface area contributed by atoms with Gasteiger partial charge in [-0.2, -0.15) is 0 Å². The van der Waals surface area contributed by atoms with Gasteiger partial charge in [-0.1, -0.05) is 12.1 Å². The summed E-state index contributed by atoms with van der Waals surface area (Å²) in [6, 6.07) is 14.3. The van der Waals surface area contributed by atoms with Crippen molar-refractivity contribution in [1.82, 2.24) is 5.32 Å². The van der Waals surface area contributed by atoms with Gasteiger partial charge in [-0.25, -0.2) is 4.39 Å². The average molecular weight is 348 g/mol. The van der Waals surface area contributed by atoms with Crippen LogP contribution in [-0.2, 0) is 0 Å². The maximum atomic E-state index is 12.9. The van der Waals surface area contributed by atoms with Crippen LogP contribution in [0.5, 0.6) is 5.75 Å². The van der Waals surface area contributed by atoms with Crippen molar-refractivity contribution in [3.05, 3.63) is 59.9 Å². The van der Waals surface area contributed by atoms with Gasteiger partial charge in [0.15, 0.2) is 5.11 Å². The Morgan fingerprint density at radius 2 is 1.92 bits per heavy atom. The van der Waals surface area contributed by atoms with Crippen molar-refractivity contribution in [2.75, 3.05) is 33.1 Å². The van der Waals surface area contributed by atoms with Gasteiger partial charge in [-0.3, -0.25) is 0 Å². The Hall–Kier alpha value is -2.18. The summed E-state index contributed by atoms with van der Waals surface area (Å²) in [5.74, 6) is 0.569. The van der Waals surface area contributed by atoms with Gasteiger partial charge in [0.1, 0.15) is 17.6 Å². The van der Waals surface area contributed by atoms with E-state index >= 15 is 0 Å². The fraction of sp³-hybridized carbons (Fsp3) is 0.278. The fourth-order valence-electron chi connectivity index (χ4n) is 2.42. The monoisotopic (exact) mass is 348 g/mol. The van der Waals surface area contributed by atoms with Gasteiger partial charge < -0.3 is 20.3 Å². The molecule has 0 aliphatic carbocycles. The molecule has 1 atom stereocenters. The van der Waals surface area contributed by atoms with E-state index in [2.05, 4.69) is 30.8 Å². The minimum Gasteiger partial charge on any atom is -0.497 e. The van der Waals surface area contributed by atoms with Crippen molar-refractivity contribution in [3.8, 4) is 5.75 Å². The topological polar surface area (TPSA) is 37.7 Å². The summed E-state index contributed by atoms with van der Waals surface area (Å²) in [5, 5.41) is 6.80. The second-order valence-electron chi connectivity index (χ2n) is 5.75. The number of rotatable bonds is 6. The largest absolute Gasteiger partial charge is 0.497 e. The molecule has 24 heavy (non-hydrogen) atoms. The molecule has 0 saturated heterocycles. The van der Waals surface area contributed by atoms with Crippen LogP contribution in [0.15, 0.2) is 48.5 Å². The zero-order valence-corrected chi connectivity index (χ0v) is 14.9. The molecular weight excluding hydrogens is 325 g/mol. The molecule has 2 aromatic carbocycles. The molecule has 0 aliphatic heterocycles. The van der Waals surface area contributed by atoms with Gasteiger partial charge in [-0.05, 0) is 48.6 Å². The van der Waals surface area contributed by atoms with Crippen molar-refractivity contribution in [1.29, 1.82) is 0 Å². The van der Waals surface area contributed by atoms with Crippen molar-refractivity contribution < 1.29 is 14.0 Å². The van der Waals surface area contributed by atoms with Crippen molar-refractivity contribution >= 4 is 23.0 Å². The molecule has 0 radical (unpaired) electrons. The highest BCUT2D eigenvalue weighted by Gasteiger charge is 2.18. The Labute approximate surface area is 147 Å². The molecule has 0 aliphatic rings. The molecule has 128 valence electrons. The number of anilines is 1.